The van der Waals surface area contributed by atoms with E-state index in [-0.39, 0.29) is 6.04 Å². The van der Waals surface area contributed by atoms with E-state index in [0.29, 0.717) is 0 Å². The third-order valence-electron chi connectivity index (χ3n) is 3.53. The molecule has 1 aromatic carbocycles. The number of hydrazone groups is 1. The summed E-state index contributed by atoms with van der Waals surface area (Å²) in [6.07, 6.45) is 2.64. The maximum absolute atomic E-state index is 5.57. The van der Waals surface area contributed by atoms with Crippen molar-refractivity contribution in [2.24, 2.45) is 5.10 Å². The van der Waals surface area contributed by atoms with Crippen molar-refractivity contribution in [3.05, 3.63) is 53.5 Å². The highest BCUT2D eigenvalue weighted by atomic mass is 16.3. The molecule has 0 saturated heterocycles. The van der Waals surface area contributed by atoms with Crippen molar-refractivity contribution < 1.29 is 4.42 Å². The van der Waals surface area contributed by atoms with Crippen molar-refractivity contribution in [1.29, 1.82) is 0 Å². The van der Waals surface area contributed by atoms with Gasteiger partial charge < -0.3 is 4.42 Å². The lowest BCUT2D eigenvalue weighted by molar-refractivity contribution is 0.465. The number of hydrogen-bond acceptors (Lipinski definition) is 3. The van der Waals surface area contributed by atoms with Crippen LogP contribution in [-0.4, -0.2) is 5.71 Å². The lowest BCUT2D eigenvalue weighted by Gasteiger charge is -2.24. The topological polar surface area (TPSA) is 28.7 Å². The predicted octanol–water partition coefficient (Wildman–Crippen LogP) is 4.22. The van der Waals surface area contributed by atoms with Gasteiger partial charge in [0.25, 0.3) is 0 Å². The Morgan fingerprint density at radius 3 is 2.74 bits per heavy atom. The normalized spacial score (nSPS) is 18.8. The van der Waals surface area contributed by atoms with Crippen LogP contribution in [-0.2, 0) is 0 Å². The van der Waals surface area contributed by atoms with Crippen LogP contribution >= 0.6 is 0 Å². The van der Waals surface area contributed by atoms with E-state index in [4.69, 9.17) is 4.42 Å². The van der Waals surface area contributed by atoms with E-state index >= 15 is 0 Å². The lowest BCUT2D eigenvalue weighted by Crippen LogP contribution is -2.19. The minimum Gasteiger partial charge on any atom is -0.467 e. The van der Waals surface area contributed by atoms with Gasteiger partial charge in [-0.05, 0) is 44.5 Å². The molecule has 98 valence electrons. The molecule has 3 nitrogen and oxygen atoms in total. The summed E-state index contributed by atoms with van der Waals surface area (Å²) >= 11 is 0. The van der Waals surface area contributed by atoms with E-state index < -0.39 is 0 Å². The first-order valence-electron chi connectivity index (χ1n) is 6.59. The smallest absolute Gasteiger partial charge is 0.128 e. The molecule has 19 heavy (non-hydrogen) atoms. The summed E-state index contributed by atoms with van der Waals surface area (Å²) in [6, 6.07) is 10.6. The highest BCUT2D eigenvalue weighted by Gasteiger charge is 2.30. The van der Waals surface area contributed by atoms with Crippen LogP contribution in [0.15, 0.2) is 46.1 Å². The summed E-state index contributed by atoms with van der Waals surface area (Å²) < 4.78 is 5.57. The molecule has 2 aromatic rings. The Bertz CT molecular complexity index is 614. The standard InChI is InChI=1S/C16H18N2O/c1-11-6-7-14(12(2)9-11)18-15(10-13(3)17-18)16-5-4-8-19-16/h4-9,15H,10H2,1-3H3. The summed E-state index contributed by atoms with van der Waals surface area (Å²) in [6.45, 7) is 6.31. The maximum Gasteiger partial charge on any atom is 0.128 e. The average molecular weight is 254 g/mol. The lowest BCUT2D eigenvalue weighted by atomic mass is 10.1. The molecule has 1 atom stereocenters. The van der Waals surface area contributed by atoms with Gasteiger partial charge in [-0.25, -0.2) is 0 Å². The number of rotatable bonds is 2. The maximum atomic E-state index is 5.57. The molecule has 0 fully saturated rings. The van der Waals surface area contributed by atoms with Gasteiger partial charge in [0.15, 0.2) is 0 Å². The van der Waals surface area contributed by atoms with Gasteiger partial charge in [-0.1, -0.05) is 17.7 Å². The fourth-order valence-electron chi connectivity index (χ4n) is 2.65. The van der Waals surface area contributed by atoms with Gasteiger partial charge in [0.1, 0.15) is 11.8 Å². The second-order valence-corrected chi connectivity index (χ2v) is 5.21. The molecule has 0 radical (unpaired) electrons. The molecule has 1 aliphatic rings. The summed E-state index contributed by atoms with van der Waals surface area (Å²) in [5.74, 6) is 0.973. The number of nitrogens with zero attached hydrogens (tertiary/aromatic N) is 2. The van der Waals surface area contributed by atoms with Gasteiger partial charge in [0, 0.05) is 12.1 Å². The highest BCUT2D eigenvalue weighted by Crippen LogP contribution is 2.36. The number of benzene rings is 1. The Hall–Kier alpha value is -2.03. The Kier molecular flexibility index (Phi) is 2.90. The summed E-state index contributed by atoms with van der Waals surface area (Å²) in [5, 5.41) is 6.76. The first-order valence-corrected chi connectivity index (χ1v) is 6.59. The first kappa shape index (κ1) is 12.0. The van der Waals surface area contributed by atoms with Crippen LogP contribution in [0.5, 0.6) is 0 Å². The summed E-state index contributed by atoms with van der Waals surface area (Å²) in [7, 11) is 0. The van der Waals surface area contributed by atoms with E-state index in [1.54, 1.807) is 6.26 Å². The molecular formula is C16H18N2O. The van der Waals surface area contributed by atoms with Crippen LogP contribution in [0.4, 0.5) is 5.69 Å². The zero-order valence-electron chi connectivity index (χ0n) is 11.6. The molecule has 1 aromatic heterocycles. The largest absolute Gasteiger partial charge is 0.467 e. The fraction of sp³-hybridized carbons (Fsp3) is 0.312. The van der Waals surface area contributed by atoms with Gasteiger partial charge in [-0.3, -0.25) is 5.01 Å². The molecule has 0 spiro atoms. The monoisotopic (exact) mass is 254 g/mol. The van der Waals surface area contributed by atoms with Gasteiger partial charge in [-0.2, -0.15) is 5.10 Å². The van der Waals surface area contributed by atoms with Crippen LogP contribution in [0, 0.1) is 13.8 Å². The van der Waals surface area contributed by atoms with E-state index in [0.717, 1.165) is 23.6 Å². The minimum atomic E-state index is 0.177. The summed E-state index contributed by atoms with van der Waals surface area (Å²) in [4.78, 5) is 0. The molecular weight excluding hydrogens is 236 g/mol. The van der Waals surface area contributed by atoms with Gasteiger partial charge in [-0.15, -0.1) is 0 Å². The second-order valence-electron chi connectivity index (χ2n) is 5.21. The minimum absolute atomic E-state index is 0.177. The van der Waals surface area contributed by atoms with E-state index in [1.807, 2.05) is 12.1 Å². The fourth-order valence-corrected chi connectivity index (χ4v) is 2.65. The van der Waals surface area contributed by atoms with E-state index in [1.165, 1.54) is 11.1 Å². The van der Waals surface area contributed by atoms with E-state index in [2.05, 4.69) is 49.1 Å². The Morgan fingerprint density at radius 2 is 2.05 bits per heavy atom. The van der Waals surface area contributed by atoms with Crippen molar-refractivity contribution in [3.63, 3.8) is 0 Å². The summed E-state index contributed by atoms with van der Waals surface area (Å²) in [5.41, 5.74) is 4.82. The van der Waals surface area contributed by atoms with Crippen LogP contribution in [0.1, 0.15) is 36.3 Å². The van der Waals surface area contributed by atoms with Crippen LogP contribution in [0.25, 0.3) is 0 Å². The zero-order valence-corrected chi connectivity index (χ0v) is 11.6. The number of aryl methyl sites for hydroxylation is 2. The molecule has 3 rings (SSSR count). The molecule has 0 bridgehead atoms. The number of anilines is 1. The molecule has 1 unspecified atom stereocenters. The van der Waals surface area contributed by atoms with Crippen molar-refractivity contribution >= 4 is 11.4 Å². The predicted molar refractivity (Wildman–Crippen MR) is 77.6 cm³/mol. The highest BCUT2D eigenvalue weighted by molar-refractivity contribution is 5.86. The third-order valence-corrected chi connectivity index (χ3v) is 3.53. The van der Waals surface area contributed by atoms with Crippen molar-refractivity contribution in [2.45, 2.75) is 33.2 Å². The van der Waals surface area contributed by atoms with Crippen LogP contribution in [0.3, 0.4) is 0 Å². The molecule has 0 saturated carbocycles. The van der Waals surface area contributed by atoms with Crippen molar-refractivity contribution in [1.82, 2.24) is 0 Å². The molecule has 2 heterocycles. The second kappa shape index (κ2) is 4.57. The van der Waals surface area contributed by atoms with Gasteiger partial charge in [0.2, 0.25) is 0 Å². The van der Waals surface area contributed by atoms with Crippen molar-refractivity contribution in [3.8, 4) is 0 Å². The van der Waals surface area contributed by atoms with E-state index in [9.17, 15) is 0 Å². The zero-order chi connectivity index (χ0) is 13.4. The molecule has 0 aliphatic carbocycles. The van der Waals surface area contributed by atoms with Crippen LogP contribution in [0.2, 0.25) is 0 Å². The average Bonchev–Trinajstić information content (AvgIpc) is 2.97. The van der Waals surface area contributed by atoms with Crippen LogP contribution < -0.4 is 5.01 Å². The van der Waals surface area contributed by atoms with Crippen molar-refractivity contribution in [2.75, 3.05) is 5.01 Å². The number of furan rings is 1. The molecule has 1 aliphatic heterocycles. The van der Waals surface area contributed by atoms with Gasteiger partial charge >= 0.3 is 0 Å². The molecule has 3 heteroatoms. The Labute approximate surface area is 113 Å². The SMILES string of the molecule is CC1=NN(c2ccc(C)cc2C)C(c2ccco2)C1. The first-order chi connectivity index (χ1) is 9.15. The Balaban J connectivity index is 2.01. The molecule has 0 amide bonds. The quantitative estimate of drug-likeness (QED) is 0.802. The van der Waals surface area contributed by atoms with Gasteiger partial charge in [0.05, 0.1) is 12.0 Å². The Morgan fingerprint density at radius 1 is 1.21 bits per heavy atom. The molecule has 0 N–H and O–H groups in total. The number of hydrogen-bond donors (Lipinski definition) is 0. The third kappa shape index (κ3) is 2.16.